The molecule has 0 saturated carbocycles. The Bertz CT molecular complexity index is 1080. The molecule has 2 N–H and O–H groups in total. The third-order valence-corrected chi connectivity index (χ3v) is 5.69. The minimum absolute atomic E-state index is 0.134. The van der Waals surface area contributed by atoms with Crippen molar-refractivity contribution >= 4 is 11.6 Å². The molecule has 1 saturated heterocycles. The van der Waals surface area contributed by atoms with Gasteiger partial charge >= 0.3 is 0 Å². The number of hydrogen-bond donors (Lipinski definition) is 2. The van der Waals surface area contributed by atoms with Gasteiger partial charge in [0.1, 0.15) is 18.7 Å². The van der Waals surface area contributed by atoms with E-state index in [1.807, 2.05) is 26.0 Å². The predicted molar refractivity (Wildman–Crippen MR) is 119 cm³/mol. The molecule has 1 aliphatic heterocycles. The number of aryl methyl sites for hydroxylation is 3. The van der Waals surface area contributed by atoms with Gasteiger partial charge in [-0.25, -0.2) is 14.4 Å². The van der Waals surface area contributed by atoms with Crippen LogP contribution in [0.15, 0.2) is 30.7 Å². The average molecular weight is 439 g/mol. The van der Waals surface area contributed by atoms with E-state index in [-0.39, 0.29) is 5.69 Å². The molecule has 1 fully saturated rings. The van der Waals surface area contributed by atoms with Crippen LogP contribution >= 0.6 is 0 Å². The number of carbonyl (C=O) groups is 1. The Morgan fingerprint density at radius 3 is 2.72 bits per heavy atom. The number of nitrogens with one attached hydrogen (secondary N) is 2. The summed E-state index contributed by atoms with van der Waals surface area (Å²) in [7, 11) is 1.52. The number of nitrogens with zero attached hydrogens (tertiary/aromatic N) is 4. The van der Waals surface area contributed by atoms with Crippen LogP contribution in [0.3, 0.4) is 0 Å². The van der Waals surface area contributed by atoms with Crippen LogP contribution in [0.1, 0.15) is 41.1 Å². The van der Waals surface area contributed by atoms with E-state index < -0.39 is 11.7 Å². The fourth-order valence-electron chi connectivity index (χ4n) is 4.02. The van der Waals surface area contributed by atoms with E-state index in [1.54, 1.807) is 6.07 Å². The summed E-state index contributed by atoms with van der Waals surface area (Å²) in [5.41, 5.74) is 3.61. The van der Waals surface area contributed by atoms with Gasteiger partial charge in [-0.15, -0.1) is 0 Å². The topological polar surface area (TPSA) is 94.0 Å². The summed E-state index contributed by atoms with van der Waals surface area (Å²) in [6, 6.07) is 5.68. The molecule has 4 rings (SSSR count). The summed E-state index contributed by atoms with van der Waals surface area (Å²) in [6.45, 7) is 5.37. The highest BCUT2D eigenvalue weighted by atomic mass is 19.1. The van der Waals surface area contributed by atoms with Crippen LogP contribution in [0.25, 0.3) is 11.1 Å². The van der Waals surface area contributed by atoms with Crippen LogP contribution in [0, 0.1) is 19.7 Å². The van der Waals surface area contributed by atoms with Crippen LogP contribution in [0.4, 0.5) is 10.1 Å². The number of amides is 1. The maximum atomic E-state index is 14.0. The number of anilines is 1. The lowest BCUT2D eigenvalue weighted by Gasteiger charge is -2.24. The Morgan fingerprint density at radius 2 is 2.06 bits per heavy atom. The Labute approximate surface area is 186 Å². The number of halogens is 1. The quantitative estimate of drug-likeness (QED) is 0.613. The molecule has 32 heavy (non-hydrogen) atoms. The number of piperidine rings is 1. The number of ether oxygens (including phenoxy) is 1. The molecular formula is C23H27FN6O2. The molecule has 9 heteroatoms. The van der Waals surface area contributed by atoms with Crippen molar-refractivity contribution in [2.24, 2.45) is 7.05 Å². The minimum atomic E-state index is -0.673. The second-order valence-electron chi connectivity index (χ2n) is 8.01. The zero-order valence-electron chi connectivity index (χ0n) is 18.5. The first-order chi connectivity index (χ1) is 15.4. The Hall–Kier alpha value is -3.33. The molecular weight excluding hydrogens is 411 g/mol. The minimum Gasteiger partial charge on any atom is -0.491 e. The van der Waals surface area contributed by atoms with Crippen molar-refractivity contribution in [2.75, 3.05) is 18.5 Å². The molecule has 3 aromatic rings. The lowest BCUT2D eigenvalue weighted by Crippen LogP contribution is -2.38. The van der Waals surface area contributed by atoms with Crippen LogP contribution in [-0.2, 0) is 7.05 Å². The molecule has 8 nitrogen and oxygen atoms in total. The highest BCUT2D eigenvalue weighted by molar-refractivity contribution is 6.03. The molecule has 0 spiro atoms. The van der Waals surface area contributed by atoms with E-state index in [9.17, 15) is 9.18 Å². The summed E-state index contributed by atoms with van der Waals surface area (Å²) >= 11 is 0. The van der Waals surface area contributed by atoms with Crippen LogP contribution in [0.5, 0.6) is 5.75 Å². The van der Waals surface area contributed by atoms with Gasteiger partial charge in [0.2, 0.25) is 0 Å². The zero-order valence-corrected chi connectivity index (χ0v) is 18.5. The fraction of sp³-hybridized carbons (Fsp3) is 0.391. The second kappa shape index (κ2) is 9.44. The molecule has 1 aromatic carbocycles. The van der Waals surface area contributed by atoms with Gasteiger partial charge in [0.25, 0.3) is 5.91 Å². The van der Waals surface area contributed by atoms with Gasteiger partial charge in [-0.2, -0.15) is 5.10 Å². The molecule has 3 heterocycles. The molecule has 0 unspecified atom stereocenters. The van der Waals surface area contributed by atoms with E-state index in [4.69, 9.17) is 4.74 Å². The summed E-state index contributed by atoms with van der Waals surface area (Å²) in [4.78, 5) is 21.3. The van der Waals surface area contributed by atoms with E-state index in [2.05, 4.69) is 25.7 Å². The van der Waals surface area contributed by atoms with Gasteiger partial charge in [0.05, 0.1) is 6.20 Å². The van der Waals surface area contributed by atoms with E-state index in [0.29, 0.717) is 24.1 Å². The normalized spacial score (nSPS) is 16.1. The van der Waals surface area contributed by atoms with Crippen molar-refractivity contribution in [3.8, 4) is 16.9 Å². The van der Waals surface area contributed by atoms with Crippen molar-refractivity contribution in [2.45, 2.75) is 39.2 Å². The van der Waals surface area contributed by atoms with Crippen LogP contribution in [-0.4, -0.2) is 44.8 Å². The zero-order chi connectivity index (χ0) is 22.7. The monoisotopic (exact) mass is 438 g/mol. The number of carbonyl (C=O) groups excluding carboxylic acids is 1. The standard InChI is InChI=1S/C23H27FN6O2/c1-14-21(15(2)27-13-26-14)18-10-16(29-23(31)22-19(24)11-28-30(22)3)7-8-20(18)32-12-17-6-4-5-9-25-17/h7-8,10-11,13,17,25H,4-6,9,12H2,1-3H3,(H,29,31)/t17-/m1/s1. The van der Waals surface area contributed by atoms with E-state index in [0.717, 1.165) is 41.7 Å². The van der Waals surface area contributed by atoms with Gasteiger partial charge in [0.15, 0.2) is 11.5 Å². The summed E-state index contributed by atoms with van der Waals surface area (Å²) in [6.07, 6.45) is 6.00. The van der Waals surface area contributed by atoms with Crippen molar-refractivity contribution in [3.05, 3.63) is 53.6 Å². The predicted octanol–water partition coefficient (Wildman–Crippen LogP) is 3.41. The van der Waals surface area contributed by atoms with Gasteiger partial charge < -0.3 is 15.4 Å². The Morgan fingerprint density at radius 1 is 1.28 bits per heavy atom. The maximum Gasteiger partial charge on any atom is 0.276 e. The van der Waals surface area contributed by atoms with Crippen molar-refractivity contribution in [3.63, 3.8) is 0 Å². The lowest BCUT2D eigenvalue weighted by atomic mass is 10.0. The van der Waals surface area contributed by atoms with Crippen molar-refractivity contribution in [1.29, 1.82) is 0 Å². The number of aromatic nitrogens is 4. The lowest BCUT2D eigenvalue weighted by molar-refractivity contribution is 0.101. The van der Waals surface area contributed by atoms with E-state index >= 15 is 0 Å². The highest BCUT2D eigenvalue weighted by Gasteiger charge is 2.20. The van der Waals surface area contributed by atoms with Crippen LogP contribution in [0.2, 0.25) is 0 Å². The summed E-state index contributed by atoms with van der Waals surface area (Å²) in [5, 5.41) is 10.0. The summed E-state index contributed by atoms with van der Waals surface area (Å²) in [5.74, 6) is -0.567. The van der Waals surface area contributed by atoms with Gasteiger partial charge in [-0.05, 0) is 51.4 Å². The van der Waals surface area contributed by atoms with Gasteiger partial charge in [-0.3, -0.25) is 9.48 Å². The molecule has 0 aliphatic carbocycles. The molecule has 0 bridgehead atoms. The average Bonchev–Trinajstić information content (AvgIpc) is 3.12. The smallest absolute Gasteiger partial charge is 0.276 e. The Kier molecular flexibility index (Phi) is 6.45. The Balaban J connectivity index is 1.65. The van der Waals surface area contributed by atoms with Gasteiger partial charge in [-0.1, -0.05) is 6.42 Å². The molecule has 0 radical (unpaired) electrons. The second-order valence-corrected chi connectivity index (χ2v) is 8.01. The first-order valence-corrected chi connectivity index (χ1v) is 10.7. The van der Waals surface area contributed by atoms with Crippen molar-refractivity contribution in [1.82, 2.24) is 25.1 Å². The number of benzene rings is 1. The SMILES string of the molecule is Cc1ncnc(C)c1-c1cc(NC(=O)c2c(F)cnn2C)ccc1OC[C@H]1CCCCN1. The van der Waals surface area contributed by atoms with E-state index in [1.165, 1.54) is 30.9 Å². The largest absolute Gasteiger partial charge is 0.491 e. The first kappa shape index (κ1) is 21.9. The summed E-state index contributed by atoms with van der Waals surface area (Å²) < 4.78 is 21.4. The van der Waals surface area contributed by atoms with Crippen LogP contribution < -0.4 is 15.4 Å². The molecule has 1 atom stereocenters. The highest BCUT2D eigenvalue weighted by Crippen LogP contribution is 2.36. The molecule has 1 aliphatic rings. The fourth-order valence-corrected chi connectivity index (χ4v) is 4.02. The van der Waals surface area contributed by atoms with Gasteiger partial charge in [0, 0.05) is 41.3 Å². The third-order valence-electron chi connectivity index (χ3n) is 5.69. The third kappa shape index (κ3) is 4.62. The van der Waals surface area contributed by atoms with Crippen molar-refractivity contribution < 1.29 is 13.9 Å². The first-order valence-electron chi connectivity index (χ1n) is 10.7. The maximum absolute atomic E-state index is 14.0. The number of hydrogen-bond acceptors (Lipinski definition) is 6. The molecule has 1 amide bonds. The molecule has 168 valence electrons. The number of rotatable bonds is 6. The molecule has 2 aromatic heterocycles.